The van der Waals surface area contributed by atoms with E-state index in [0.29, 0.717) is 36.7 Å². The summed E-state index contributed by atoms with van der Waals surface area (Å²) in [5.41, 5.74) is 2.35. The van der Waals surface area contributed by atoms with E-state index in [1.165, 1.54) is 0 Å². The molecular weight excluding hydrogens is 432 g/mol. The molecule has 0 atom stereocenters. The molecule has 0 radical (unpaired) electrons. The highest BCUT2D eigenvalue weighted by Crippen LogP contribution is 2.16. The Morgan fingerprint density at radius 3 is 2.21 bits per heavy atom. The Morgan fingerprint density at radius 2 is 1.53 bits per heavy atom. The lowest BCUT2D eigenvalue weighted by Gasteiger charge is -2.18. The first kappa shape index (κ1) is 24.5. The van der Waals surface area contributed by atoms with E-state index in [2.05, 4.69) is 5.32 Å². The second-order valence-corrected chi connectivity index (χ2v) is 7.48. The molecule has 34 heavy (non-hydrogen) atoms. The third-order valence-electron chi connectivity index (χ3n) is 5.12. The molecule has 0 spiro atoms. The maximum Gasteiger partial charge on any atom is 0.338 e. The molecule has 0 aliphatic carbocycles. The molecule has 3 aromatic carbocycles. The molecule has 0 bridgehead atoms. The van der Waals surface area contributed by atoms with Gasteiger partial charge in [0, 0.05) is 24.3 Å². The maximum absolute atomic E-state index is 12.4. The number of nitrogens with one attached hydrogen (secondary N) is 1. The van der Waals surface area contributed by atoms with Gasteiger partial charge in [-0.25, -0.2) is 4.79 Å². The summed E-state index contributed by atoms with van der Waals surface area (Å²) < 4.78 is 10.9. The van der Waals surface area contributed by atoms with Crippen molar-refractivity contribution >= 4 is 23.5 Å². The summed E-state index contributed by atoms with van der Waals surface area (Å²) in [5.74, 6) is -0.637. The van der Waals surface area contributed by atoms with Gasteiger partial charge >= 0.3 is 5.97 Å². The Bertz CT molecular complexity index is 1110. The molecular formula is C27H28N2O5. The van der Waals surface area contributed by atoms with E-state index in [1.54, 1.807) is 53.4 Å². The number of ether oxygens (including phenoxy) is 2. The molecule has 7 nitrogen and oxygen atoms in total. The van der Waals surface area contributed by atoms with Crippen molar-refractivity contribution in [3.63, 3.8) is 0 Å². The van der Waals surface area contributed by atoms with Crippen LogP contribution in [0.1, 0.15) is 40.1 Å². The minimum Gasteiger partial charge on any atom is -0.489 e. The summed E-state index contributed by atoms with van der Waals surface area (Å²) in [7, 11) is 0. The van der Waals surface area contributed by atoms with Gasteiger partial charge in [0.15, 0.2) is 6.61 Å². The first-order valence-corrected chi connectivity index (χ1v) is 11.1. The van der Waals surface area contributed by atoms with E-state index in [0.717, 1.165) is 5.56 Å². The van der Waals surface area contributed by atoms with Crippen LogP contribution in [0.5, 0.6) is 5.75 Å². The van der Waals surface area contributed by atoms with Gasteiger partial charge in [-0.3, -0.25) is 9.59 Å². The average molecular weight is 461 g/mol. The molecule has 3 rings (SSSR count). The fourth-order valence-corrected chi connectivity index (χ4v) is 3.25. The second-order valence-electron chi connectivity index (χ2n) is 7.48. The average Bonchev–Trinajstić information content (AvgIpc) is 2.88. The highest BCUT2D eigenvalue weighted by molar-refractivity contribution is 5.97. The summed E-state index contributed by atoms with van der Waals surface area (Å²) in [6, 6.07) is 22.9. The van der Waals surface area contributed by atoms with Crippen LogP contribution in [-0.4, -0.2) is 42.4 Å². The van der Waals surface area contributed by atoms with Gasteiger partial charge in [-0.05, 0) is 61.9 Å². The van der Waals surface area contributed by atoms with E-state index >= 15 is 0 Å². The number of benzene rings is 3. The van der Waals surface area contributed by atoms with Crippen molar-refractivity contribution in [2.45, 2.75) is 20.5 Å². The van der Waals surface area contributed by atoms with Crippen LogP contribution in [-0.2, 0) is 16.1 Å². The van der Waals surface area contributed by atoms with Gasteiger partial charge in [-0.2, -0.15) is 0 Å². The van der Waals surface area contributed by atoms with Crippen molar-refractivity contribution in [3.8, 4) is 5.75 Å². The van der Waals surface area contributed by atoms with E-state index in [4.69, 9.17) is 9.47 Å². The highest BCUT2D eigenvalue weighted by Gasteiger charge is 2.14. The highest BCUT2D eigenvalue weighted by atomic mass is 16.5. The molecule has 0 saturated heterocycles. The number of carbonyl (C=O) groups is 3. The zero-order valence-electron chi connectivity index (χ0n) is 19.3. The molecule has 0 heterocycles. The van der Waals surface area contributed by atoms with Crippen LogP contribution < -0.4 is 10.1 Å². The Balaban J connectivity index is 1.49. The molecule has 0 aliphatic rings. The lowest BCUT2D eigenvalue weighted by Crippen LogP contribution is -2.30. The van der Waals surface area contributed by atoms with E-state index in [1.807, 2.05) is 44.2 Å². The lowest BCUT2D eigenvalue weighted by atomic mass is 10.2. The third kappa shape index (κ3) is 6.93. The number of hydrogen-bond acceptors (Lipinski definition) is 5. The van der Waals surface area contributed by atoms with Gasteiger partial charge in [0.2, 0.25) is 0 Å². The number of esters is 1. The van der Waals surface area contributed by atoms with Gasteiger partial charge in [-0.1, -0.05) is 36.4 Å². The van der Waals surface area contributed by atoms with Crippen LogP contribution in [0.15, 0.2) is 78.9 Å². The standard InChI is InChI=1S/C27H28N2O5/c1-3-29(4-2)26(31)21-13-15-23(16-14-21)28-25(30)19-34-27(32)22-11-8-12-24(17-22)33-18-20-9-6-5-7-10-20/h5-17H,3-4,18-19H2,1-2H3,(H,28,30). The molecule has 0 aromatic heterocycles. The van der Waals surface area contributed by atoms with Crippen molar-refractivity contribution in [2.24, 2.45) is 0 Å². The van der Waals surface area contributed by atoms with Gasteiger partial charge in [0.25, 0.3) is 11.8 Å². The predicted octanol–water partition coefficient (Wildman–Crippen LogP) is 4.54. The fraction of sp³-hybridized carbons (Fsp3) is 0.222. The molecule has 0 saturated carbocycles. The summed E-state index contributed by atoms with van der Waals surface area (Å²) in [6.07, 6.45) is 0. The van der Waals surface area contributed by atoms with Crippen LogP contribution in [0.2, 0.25) is 0 Å². The minimum absolute atomic E-state index is 0.0632. The Morgan fingerprint density at radius 1 is 0.824 bits per heavy atom. The van der Waals surface area contributed by atoms with Crippen molar-refractivity contribution < 1.29 is 23.9 Å². The van der Waals surface area contributed by atoms with E-state index in [-0.39, 0.29) is 11.5 Å². The van der Waals surface area contributed by atoms with Gasteiger partial charge < -0.3 is 19.7 Å². The molecule has 0 aliphatic heterocycles. The van der Waals surface area contributed by atoms with Crippen LogP contribution in [0.3, 0.4) is 0 Å². The molecule has 1 N–H and O–H groups in total. The molecule has 0 unspecified atom stereocenters. The summed E-state index contributed by atoms with van der Waals surface area (Å²) >= 11 is 0. The van der Waals surface area contributed by atoms with Gasteiger partial charge in [-0.15, -0.1) is 0 Å². The summed E-state index contributed by atoms with van der Waals surface area (Å²) in [6.45, 7) is 5.04. The van der Waals surface area contributed by atoms with Crippen molar-refractivity contribution in [2.75, 3.05) is 25.0 Å². The van der Waals surface area contributed by atoms with Crippen LogP contribution in [0.25, 0.3) is 0 Å². The Labute approximate surface area is 199 Å². The number of carbonyl (C=O) groups excluding carboxylic acids is 3. The summed E-state index contributed by atoms with van der Waals surface area (Å²) in [5, 5.41) is 2.66. The van der Waals surface area contributed by atoms with Gasteiger partial charge in [0.1, 0.15) is 12.4 Å². The Kier molecular flexibility index (Phi) is 8.80. The molecule has 2 amide bonds. The maximum atomic E-state index is 12.4. The fourth-order valence-electron chi connectivity index (χ4n) is 3.25. The number of rotatable bonds is 10. The number of anilines is 1. The topological polar surface area (TPSA) is 84.9 Å². The minimum atomic E-state index is -0.625. The lowest BCUT2D eigenvalue weighted by molar-refractivity contribution is -0.119. The van der Waals surface area contributed by atoms with Crippen molar-refractivity contribution in [1.82, 2.24) is 4.90 Å². The van der Waals surface area contributed by atoms with E-state index in [9.17, 15) is 14.4 Å². The molecule has 3 aromatic rings. The quantitative estimate of drug-likeness (QED) is 0.449. The van der Waals surface area contributed by atoms with Gasteiger partial charge in [0.05, 0.1) is 5.56 Å². The Hall–Kier alpha value is -4.13. The third-order valence-corrected chi connectivity index (χ3v) is 5.12. The smallest absolute Gasteiger partial charge is 0.338 e. The first-order valence-electron chi connectivity index (χ1n) is 11.1. The SMILES string of the molecule is CCN(CC)C(=O)c1ccc(NC(=O)COC(=O)c2cccc(OCc3ccccc3)c2)cc1. The monoisotopic (exact) mass is 460 g/mol. The second kappa shape index (κ2) is 12.2. The first-order chi connectivity index (χ1) is 16.5. The molecule has 176 valence electrons. The number of nitrogens with zero attached hydrogens (tertiary/aromatic N) is 1. The van der Waals surface area contributed by atoms with Crippen molar-refractivity contribution in [1.29, 1.82) is 0 Å². The molecule has 7 heteroatoms. The predicted molar refractivity (Wildman–Crippen MR) is 130 cm³/mol. The number of hydrogen-bond donors (Lipinski definition) is 1. The van der Waals surface area contributed by atoms with Crippen molar-refractivity contribution in [3.05, 3.63) is 95.6 Å². The normalized spacial score (nSPS) is 10.3. The van der Waals surface area contributed by atoms with E-state index < -0.39 is 18.5 Å². The van der Waals surface area contributed by atoms with Crippen LogP contribution in [0, 0.1) is 0 Å². The zero-order valence-corrected chi connectivity index (χ0v) is 19.3. The number of amides is 2. The zero-order chi connectivity index (χ0) is 24.3. The molecule has 0 fully saturated rings. The largest absolute Gasteiger partial charge is 0.489 e. The summed E-state index contributed by atoms with van der Waals surface area (Å²) in [4.78, 5) is 38.7. The van der Waals surface area contributed by atoms with Crippen LogP contribution in [0.4, 0.5) is 5.69 Å². The van der Waals surface area contributed by atoms with Crippen LogP contribution >= 0.6 is 0 Å².